The summed E-state index contributed by atoms with van der Waals surface area (Å²) in [7, 11) is -5.66. The molecule has 4 nitrogen and oxygen atoms in total. The summed E-state index contributed by atoms with van der Waals surface area (Å²) in [4.78, 5) is 0. The van der Waals surface area contributed by atoms with Gasteiger partial charge < -0.3 is 8.92 Å². The van der Waals surface area contributed by atoms with E-state index in [0.717, 1.165) is 13.2 Å². The van der Waals surface area contributed by atoms with Crippen LogP contribution in [0.25, 0.3) is 11.8 Å². The molecule has 0 aromatic heterocycles. The van der Waals surface area contributed by atoms with Crippen molar-refractivity contribution in [2.45, 2.75) is 25.3 Å². The minimum atomic E-state index is -5.66. The van der Waals surface area contributed by atoms with Crippen LogP contribution in [0.3, 0.4) is 0 Å². The van der Waals surface area contributed by atoms with Crippen molar-refractivity contribution in [1.29, 1.82) is 0 Å². The first-order valence-corrected chi connectivity index (χ1v) is 43.9. The molecule has 0 unspecified atom stereocenters. The number of hydrogen-bond donors (Lipinski definition) is 0. The summed E-state index contributed by atoms with van der Waals surface area (Å²) in [6.07, 6.45) is 0.747. The Balaban J connectivity index is 0.000000132. The van der Waals surface area contributed by atoms with E-state index in [0.29, 0.717) is 16.0 Å². The second-order valence-electron chi connectivity index (χ2n) is 31.1. The van der Waals surface area contributed by atoms with Gasteiger partial charge in [-0.05, 0) is 31.1 Å². The van der Waals surface area contributed by atoms with E-state index >= 15 is 0 Å². The molecule has 0 atom stereocenters. The van der Waals surface area contributed by atoms with Gasteiger partial charge in [0.05, 0.1) is 0 Å². The van der Waals surface area contributed by atoms with E-state index in [2.05, 4.69) is 489 Å². The van der Waals surface area contributed by atoms with Crippen LogP contribution in [-0.4, -0.2) is 51.7 Å². The molecule has 612 valence electrons. The Morgan fingerprint density at radius 1 is 0.256 bits per heavy atom. The second-order valence-corrected chi connectivity index (χ2v) is 32.7. The summed E-state index contributed by atoms with van der Waals surface area (Å²) >= 11 is 0. The topological polar surface area (TPSA) is 52.6 Å². The maximum atomic E-state index is 12.3. The van der Waals surface area contributed by atoms with Gasteiger partial charge in [-0.25, -0.2) is 0 Å². The summed E-state index contributed by atoms with van der Waals surface area (Å²) in [6, 6.07) is 181. The van der Waals surface area contributed by atoms with Gasteiger partial charge in [0.1, 0.15) is 24.6 Å². The summed E-state index contributed by atoms with van der Waals surface area (Å²) in [5.41, 5.74) is 16.3. The largest absolute Gasteiger partial charge is 4.00 e. The SMILES string of the molecule is C1CCOC1.CC=C1C=c2ccccc2=C1OS(=O)(=O)C(F)(F)F.[Zr+4].c1ccc([B-](c2ccccc2)(c2ccccc2)c2ccccc2)cc1.c1ccc([B-](c2ccccc2)(c2ccccc2)c2ccccc2)cc1.c1ccc([B-](c2ccccc2)(c2ccccc2)c2ccccc2)cc1.c1ccc([B-](c2ccccc2)(c2ccccc2)c2ccccc2)cc1. The van der Waals surface area contributed by atoms with Crippen LogP contribution in [0.4, 0.5) is 13.2 Å². The molecule has 1 heterocycles. The molecule has 0 spiro atoms. The van der Waals surface area contributed by atoms with Crippen LogP contribution in [0.5, 0.6) is 0 Å². The summed E-state index contributed by atoms with van der Waals surface area (Å²) in [6.45, 7) is 3.58. The zero-order chi connectivity index (χ0) is 85.6. The molecule has 0 radical (unpaired) electrons. The van der Waals surface area contributed by atoms with Gasteiger partial charge in [0.15, 0.2) is 5.76 Å². The maximum absolute atomic E-state index is 12.3. The van der Waals surface area contributed by atoms with Crippen molar-refractivity contribution in [2.24, 2.45) is 0 Å². The molecule has 2 aliphatic rings. The van der Waals surface area contributed by atoms with E-state index in [1.807, 2.05) is 0 Å². The predicted octanol–water partition coefficient (Wildman–Crippen LogP) is 14.5. The predicted molar refractivity (Wildman–Crippen MR) is 524 cm³/mol. The first kappa shape index (κ1) is 89.6. The number of fused-ring (bicyclic) bond motifs is 1. The van der Waals surface area contributed by atoms with Crippen LogP contribution in [-0.2, 0) is 45.2 Å². The zero-order valence-corrected chi connectivity index (χ0v) is 73.2. The van der Waals surface area contributed by atoms with Gasteiger partial charge in [-0.15, -0.1) is 0 Å². The molecular formula is C112H97B4F3O4SZr. The number of allylic oxidation sites excluding steroid dienone is 1. The van der Waals surface area contributed by atoms with Gasteiger partial charge in [0, 0.05) is 24.0 Å². The molecule has 125 heavy (non-hydrogen) atoms. The normalized spacial score (nSPS) is 12.5. The number of hydrogen-bond acceptors (Lipinski definition) is 4. The monoisotopic (exact) mass is 1730 g/mol. The molecule has 1 fully saturated rings. The molecule has 0 N–H and O–H groups in total. The summed E-state index contributed by atoms with van der Waals surface area (Å²) in [5, 5.41) is 0.936. The standard InChI is InChI=1S/4C24H20B.C12H9F3O3S.C4H8O.Zr/c4*1-5-13-21(14-6-1)25(22-15-7-2-8-16-22,23-17-9-3-10-18-23)24-19-11-4-12-20-24;1-2-8-7-9-5-3-4-6-10(9)11(8)18-19(16,17)12(13,14)15;1-2-4-5-3-1;/h4*1-20H;2-7H,1H3;1-4H2;/q4*-1;;;+4. The third-order valence-corrected chi connectivity index (χ3v) is 25.1. The molecular weight excluding hydrogens is 1630 g/mol. The third-order valence-electron chi connectivity index (χ3n) is 24.2. The Morgan fingerprint density at radius 3 is 0.544 bits per heavy atom. The van der Waals surface area contributed by atoms with Crippen molar-refractivity contribution >= 4 is 134 Å². The smallest absolute Gasteiger partial charge is 0.381 e. The maximum Gasteiger partial charge on any atom is 4.00 e. The third kappa shape index (κ3) is 20.2. The molecule has 17 aromatic rings. The van der Waals surface area contributed by atoms with Gasteiger partial charge in [0.25, 0.3) is 0 Å². The van der Waals surface area contributed by atoms with Gasteiger partial charge in [-0.2, -0.15) is 109 Å². The number of ether oxygens (including phenoxy) is 1. The van der Waals surface area contributed by atoms with Crippen molar-refractivity contribution in [2.75, 3.05) is 13.2 Å². The Kier molecular flexibility index (Phi) is 31.4. The number of alkyl halides is 3. The Bertz CT molecular complexity index is 5060. The van der Waals surface area contributed by atoms with Crippen LogP contribution in [0.2, 0.25) is 0 Å². The minimum Gasteiger partial charge on any atom is -0.381 e. The first-order valence-electron chi connectivity index (χ1n) is 42.5. The average molecular weight is 1730 g/mol. The first-order chi connectivity index (χ1) is 60.9. The molecule has 0 saturated carbocycles. The van der Waals surface area contributed by atoms with Crippen molar-refractivity contribution in [3.05, 3.63) is 532 Å². The Morgan fingerprint density at radius 2 is 0.408 bits per heavy atom. The molecule has 1 saturated heterocycles. The quantitative estimate of drug-likeness (QED) is 0.0488. The van der Waals surface area contributed by atoms with Gasteiger partial charge in [-0.3, -0.25) is 0 Å². The summed E-state index contributed by atoms with van der Waals surface area (Å²) in [5.74, 6) is -0.296. The number of rotatable bonds is 18. The van der Waals surface area contributed by atoms with Crippen LogP contribution in [0, 0.1) is 0 Å². The Labute approximate surface area is 754 Å². The molecule has 1 aliphatic heterocycles. The fourth-order valence-corrected chi connectivity index (χ4v) is 19.2. The zero-order valence-electron chi connectivity index (χ0n) is 70.0. The average Bonchev–Trinajstić information content (AvgIpc) is 1.73. The second kappa shape index (κ2) is 43.8. The fraction of sp³-hybridized carbons (Fsp3) is 0.0536. The summed E-state index contributed by atoms with van der Waals surface area (Å²) < 4.78 is 68.4. The van der Waals surface area contributed by atoms with Crippen molar-refractivity contribution in [3.63, 3.8) is 0 Å². The molecule has 19 rings (SSSR count). The van der Waals surface area contributed by atoms with Gasteiger partial charge >= 0.3 is 41.8 Å². The van der Waals surface area contributed by atoms with Gasteiger partial charge in [-0.1, -0.05) is 516 Å². The van der Waals surface area contributed by atoms with Crippen molar-refractivity contribution < 1.29 is 56.7 Å². The van der Waals surface area contributed by atoms with E-state index < -0.39 is 40.2 Å². The van der Waals surface area contributed by atoms with Gasteiger partial charge in [0.2, 0.25) is 0 Å². The number of benzene rings is 17. The molecule has 0 amide bonds. The fourth-order valence-electron chi connectivity index (χ4n) is 18.7. The number of halogens is 3. The van der Waals surface area contributed by atoms with E-state index in [-0.39, 0.29) is 32.0 Å². The van der Waals surface area contributed by atoms with Crippen LogP contribution >= 0.6 is 0 Å². The molecule has 17 aromatic carbocycles. The minimum absolute atomic E-state index is 0. The van der Waals surface area contributed by atoms with Crippen molar-refractivity contribution in [1.82, 2.24) is 0 Å². The van der Waals surface area contributed by atoms with Crippen LogP contribution in [0.1, 0.15) is 19.8 Å². The molecule has 13 heteroatoms. The van der Waals surface area contributed by atoms with E-state index in [9.17, 15) is 21.6 Å². The van der Waals surface area contributed by atoms with Crippen LogP contribution in [0.15, 0.2) is 521 Å². The van der Waals surface area contributed by atoms with E-state index in [4.69, 9.17) is 4.74 Å². The molecule has 0 bridgehead atoms. The Hall–Kier alpha value is -13.1. The van der Waals surface area contributed by atoms with E-state index in [1.165, 1.54) is 112 Å². The molecule has 1 aliphatic carbocycles. The van der Waals surface area contributed by atoms with Crippen molar-refractivity contribution in [3.8, 4) is 0 Å². The van der Waals surface area contributed by atoms with Crippen LogP contribution < -0.4 is 97.8 Å². The van der Waals surface area contributed by atoms with E-state index in [1.54, 1.807) is 31.2 Å².